The fraction of sp³-hybridized carbons (Fsp3) is 0.429. The van der Waals surface area contributed by atoms with Crippen molar-refractivity contribution in [3.63, 3.8) is 0 Å². The second-order valence-corrected chi connectivity index (χ2v) is 6.36. The van der Waals surface area contributed by atoms with Gasteiger partial charge in [0.05, 0.1) is 13.2 Å². The van der Waals surface area contributed by atoms with Gasteiger partial charge in [-0.25, -0.2) is 0 Å². The molecule has 0 aliphatic heterocycles. The first-order chi connectivity index (χ1) is 12.2. The standard InChI is InChI=1S/C21H29NO3/c1-17(2)12-13-24-20-10-8-19(9-11-20)22-16-18-6-4-5-7-21(18)25-15-14-23-3/h4-11,17,22H,12-16H2,1-3H3. The lowest BCUT2D eigenvalue weighted by Gasteiger charge is -2.13. The van der Waals surface area contributed by atoms with Crippen molar-refractivity contribution in [2.24, 2.45) is 5.92 Å². The van der Waals surface area contributed by atoms with Crippen molar-refractivity contribution < 1.29 is 14.2 Å². The number of hydrogen-bond acceptors (Lipinski definition) is 4. The van der Waals surface area contributed by atoms with Gasteiger partial charge >= 0.3 is 0 Å². The third-order valence-electron chi connectivity index (χ3n) is 3.82. The Hall–Kier alpha value is -2.20. The van der Waals surface area contributed by atoms with E-state index in [4.69, 9.17) is 14.2 Å². The predicted octanol–water partition coefficient (Wildman–Crippen LogP) is 4.75. The van der Waals surface area contributed by atoms with Crippen LogP contribution >= 0.6 is 0 Å². The first-order valence-electron chi connectivity index (χ1n) is 8.85. The maximum atomic E-state index is 5.76. The Bertz CT molecular complexity index is 611. The topological polar surface area (TPSA) is 39.7 Å². The molecule has 0 saturated carbocycles. The van der Waals surface area contributed by atoms with Crippen LogP contribution in [0.2, 0.25) is 0 Å². The minimum atomic E-state index is 0.552. The van der Waals surface area contributed by atoms with E-state index in [9.17, 15) is 0 Å². The molecule has 0 aromatic heterocycles. The van der Waals surface area contributed by atoms with Gasteiger partial charge < -0.3 is 19.5 Å². The van der Waals surface area contributed by atoms with Crippen LogP contribution in [0.5, 0.6) is 11.5 Å². The predicted molar refractivity (Wildman–Crippen MR) is 103 cm³/mol. The third-order valence-corrected chi connectivity index (χ3v) is 3.82. The molecule has 0 spiro atoms. The summed E-state index contributed by atoms with van der Waals surface area (Å²) >= 11 is 0. The number of benzene rings is 2. The normalized spacial score (nSPS) is 10.7. The molecule has 25 heavy (non-hydrogen) atoms. The zero-order valence-corrected chi connectivity index (χ0v) is 15.5. The molecule has 0 bridgehead atoms. The SMILES string of the molecule is COCCOc1ccccc1CNc1ccc(OCCC(C)C)cc1. The first-order valence-corrected chi connectivity index (χ1v) is 8.85. The quantitative estimate of drug-likeness (QED) is 0.598. The smallest absolute Gasteiger partial charge is 0.124 e. The molecule has 0 saturated heterocycles. The number of hydrogen-bond donors (Lipinski definition) is 1. The summed E-state index contributed by atoms with van der Waals surface area (Å²) in [6, 6.07) is 16.1. The van der Waals surface area contributed by atoms with Crippen molar-refractivity contribution in [1.29, 1.82) is 0 Å². The maximum Gasteiger partial charge on any atom is 0.124 e. The molecule has 0 atom stereocenters. The average molecular weight is 343 g/mol. The summed E-state index contributed by atoms with van der Waals surface area (Å²) in [5, 5.41) is 3.43. The van der Waals surface area contributed by atoms with Crippen molar-refractivity contribution in [1.82, 2.24) is 0 Å². The highest BCUT2D eigenvalue weighted by atomic mass is 16.5. The van der Waals surface area contributed by atoms with Gasteiger partial charge in [0.2, 0.25) is 0 Å². The molecule has 0 radical (unpaired) electrons. The summed E-state index contributed by atoms with van der Waals surface area (Å²) in [5.74, 6) is 2.46. The van der Waals surface area contributed by atoms with Crippen LogP contribution in [0.3, 0.4) is 0 Å². The monoisotopic (exact) mass is 343 g/mol. The summed E-state index contributed by atoms with van der Waals surface area (Å²) in [6.07, 6.45) is 1.07. The minimum absolute atomic E-state index is 0.552. The van der Waals surface area contributed by atoms with Gasteiger partial charge in [0.15, 0.2) is 0 Å². The van der Waals surface area contributed by atoms with Gasteiger partial charge in [-0.15, -0.1) is 0 Å². The van der Waals surface area contributed by atoms with E-state index in [1.54, 1.807) is 7.11 Å². The largest absolute Gasteiger partial charge is 0.494 e. The van der Waals surface area contributed by atoms with Crippen LogP contribution in [0.25, 0.3) is 0 Å². The molecule has 136 valence electrons. The van der Waals surface area contributed by atoms with Gasteiger partial charge in [-0.2, -0.15) is 0 Å². The zero-order valence-electron chi connectivity index (χ0n) is 15.5. The van der Waals surface area contributed by atoms with Crippen LogP contribution < -0.4 is 14.8 Å². The summed E-state index contributed by atoms with van der Waals surface area (Å²) in [4.78, 5) is 0. The molecule has 2 rings (SSSR count). The lowest BCUT2D eigenvalue weighted by Crippen LogP contribution is -2.07. The van der Waals surface area contributed by atoms with E-state index in [-0.39, 0.29) is 0 Å². The van der Waals surface area contributed by atoms with Gasteiger partial charge in [-0.3, -0.25) is 0 Å². The fourth-order valence-corrected chi connectivity index (χ4v) is 2.30. The van der Waals surface area contributed by atoms with Crippen LogP contribution in [0.1, 0.15) is 25.8 Å². The summed E-state index contributed by atoms with van der Waals surface area (Å²) < 4.78 is 16.5. The Labute approximate surface area is 151 Å². The van der Waals surface area contributed by atoms with E-state index in [2.05, 4.69) is 25.2 Å². The lowest BCUT2D eigenvalue weighted by molar-refractivity contribution is 0.146. The molecular weight excluding hydrogens is 314 g/mol. The molecule has 0 unspecified atom stereocenters. The molecule has 2 aromatic carbocycles. The lowest BCUT2D eigenvalue weighted by atomic mass is 10.1. The number of nitrogens with one attached hydrogen (secondary N) is 1. The van der Waals surface area contributed by atoms with Crippen LogP contribution in [0.15, 0.2) is 48.5 Å². The first kappa shape index (κ1) is 19.1. The molecule has 2 aromatic rings. The molecule has 4 heteroatoms. The molecule has 0 heterocycles. The number of methoxy groups -OCH3 is 1. The molecule has 4 nitrogen and oxygen atoms in total. The van der Waals surface area contributed by atoms with Crippen molar-refractivity contribution in [3.8, 4) is 11.5 Å². The summed E-state index contributed by atoms with van der Waals surface area (Å²) in [7, 11) is 1.67. The van der Waals surface area contributed by atoms with Crippen molar-refractivity contribution in [2.45, 2.75) is 26.8 Å². The Balaban J connectivity index is 1.84. The van der Waals surface area contributed by atoms with Crippen LogP contribution in [0, 0.1) is 5.92 Å². The molecule has 0 aliphatic rings. The molecule has 0 fully saturated rings. The molecule has 0 aliphatic carbocycles. The Morgan fingerprint density at radius 1 is 0.880 bits per heavy atom. The van der Waals surface area contributed by atoms with Gasteiger partial charge in [0.25, 0.3) is 0 Å². The van der Waals surface area contributed by atoms with Crippen LogP contribution in [0.4, 0.5) is 5.69 Å². The maximum absolute atomic E-state index is 5.76. The van der Waals surface area contributed by atoms with Crippen molar-refractivity contribution >= 4 is 5.69 Å². The molecular formula is C21H29NO3. The van der Waals surface area contributed by atoms with Gasteiger partial charge in [0, 0.05) is 24.9 Å². The number of rotatable bonds is 11. The molecule has 1 N–H and O–H groups in total. The van der Waals surface area contributed by atoms with Crippen molar-refractivity contribution in [3.05, 3.63) is 54.1 Å². The van der Waals surface area contributed by atoms with Gasteiger partial charge in [-0.1, -0.05) is 32.0 Å². The van der Waals surface area contributed by atoms with Gasteiger partial charge in [-0.05, 0) is 42.7 Å². The van der Waals surface area contributed by atoms with E-state index in [0.29, 0.717) is 25.7 Å². The number of ether oxygens (including phenoxy) is 3. The number of anilines is 1. The average Bonchev–Trinajstić information content (AvgIpc) is 2.62. The van der Waals surface area contributed by atoms with E-state index in [1.807, 2.05) is 42.5 Å². The van der Waals surface area contributed by atoms with E-state index < -0.39 is 0 Å². The summed E-state index contributed by atoms with van der Waals surface area (Å²) in [6.45, 7) is 7.00. The highest BCUT2D eigenvalue weighted by molar-refractivity contribution is 5.47. The minimum Gasteiger partial charge on any atom is -0.494 e. The zero-order chi connectivity index (χ0) is 17.9. The number of para-hydroxylation sites is 1. The van der Waals surface area contributed by atoms with E-state index in [1.165, 1.54) is 0 Å². The Kier molecular flexibility index (Phi) is 8.13. The third kappa shape index (κ3) is 7.06. The highest BCUT2D eigenvalue weighted by Gasteiger charge is 2.03. The van der Waals surface area contributed by atoms with Crippen LogP contribution in [-0.4, -0.2) is 26.9 Å². The van der Waals surface area contributed by atoms with E-state index >= 15 is 0 Å². The summed E-state index contributed by atoms with van der Waals surface area (Å²) in [5.41, 5.74) is 2.18. The van der Waals surface area contributed by atoms with E-state index in [0.717, 1.165) is 35.8 Å². The van der Waals surface area contributed by atoms with Gasteiger partial charge in [0.1, 0.15) is 18.1 Å². The Morgan fingerprint density at radius 2 is 1.64 bits per heavy atom. The second kappa shape index (κ2) is 10.6. The molecule has 0 amide bonds. The second-order valence-electron chi connectivity index (χ2n) is 6.36. The van der Waals surface area contributed by atoms with Crippen molar-refractivity contribution in [2.75, 3.05) is 32.2 Å². The Morgan fingerprint density at radius 3 is 2.36 bits per heavy atom. The van der Waals surface area contributed by atoms with Crippen LogP contribution in [-0.2, 0) is 11.3 Å². The highest BCUT2D eigenvalue weighted by Crippen LogP contribution is 2.21. The fourth-order valence-electron chi connectivity index (χ4n) is 2.30.